The molecule has 6 nitrogen and oxygen atoms in total. The van der Waals surface area contributed by atoms with Crippen molar-refractivity contribution in [3.05, 3.63) is 0 Å². The SMILES string of the molecule is CCC1(CC)C(OC)CC1N(C)C(=O)NCCCC(=O)O. The lowest BCUT2D eigenvalue weighted by atomic mass is 9.58. The van der Waals surface area contributed by atoms with Crippen LogP contribution in [0.4, 0.5) is 4.79 Å². The number of ether oxygens (including phenoxy) is 1. The van der Waals surface area contributed by atoms with E-state index in [2.05, 4.69) is 19.2 Å². The number of carbonyl (C=O) groups excluding carboxylic acids is 1. The summed E-state index contributed by atoms with van der Waals surface area (Å²) in [5.74, 6) is -0.837. The van der Waals surface area contributed by atoms with Crippen molar-refractivity contribution in [1.29, 1.82) is 0 Å². The van der Waals surface area contributed by atoms with Crippen molar-refractivity contribution in [2.24, 2.45) is 5.41 Å². The zero-order valence-corrected chi connectivity index (χ0v) is 13.5. The van der Waals surface area contributed by atoms with E-state index in [1.165, 1.54) is 0 Å². The topological polar surface area (TPSA) is 78.9 Å². The van der Waals surface area contributed by atoms with Gasteiger partial charge in [-0.1, -0.05) is 13.8 Å². The number of carbonyl (C=O) groups is 2. The average molecular weight is 300 g/mol. The Morgan fingerprint density at radius 3 is 2.48 bits per heavy atom. The molecule has 21 heavy (non-hydrogen) atoms. The van der Waals surface area contributed by atoms with Crippen molar-refractivity contribution >= 4 is 12.0 Å². The molecule has 0 bridgehead atoms. The molecular formula is C15H28N2O4. The minimum atomic E-state index is -0.837. The van der Waals surface area contributed by atoms with Gasteiger partial charge in [-0.2, -0.15) is 0 Å². The lowest BCUT2D eigenvalue weighted by molar-refractivity contribution is -0.146. The molecule has 1 aliphatic rings. The number of nitrogens with zero attached hydrogens (tertiary/aromatic N) is 1. The molecule has 0 aromatic carbocycles. The van der Waals surface area contributed by atoms with Crippen LogP contribution >= 0.6 is 0 Å². The molecule has 1 fully saturated rings. The van der Waals surface area contributed by atoms with E-state index < -0.39 is 5.97 Å². The Morgan fingerprint density at radius 1 is 1.38 bits per heavy atom. The van der Waals surface area contributed by atoms with E-state index >= 15 is 0 Å². The first-order valence-electron chi connectivity index (χ1n) is 7.68. The summed E-state index contributed by atoms with van der Waals surface area (Å²) in [7, 11) is 3.54. The zero-order chi connectivity index (χ0) is 16.0. The van der Waals surface area contributed by atoms with Crippen LogP contribution in [0, 0.1) is 5.41 Å². The number of hydrogen-bond acceptors (Lipinski definition) is 3. The summed E-state index contributed by atoms with van der Waals surface area (Å²) < 4.78 is 5.55. The largest absolute Gasteiger partial charge is 0.481 e. The smallest absolute Gasteiger partial charge is 0.317 e. The van der Waals surface area contributed by atoms with Crippen LogP contribution in [0.25, 0.3) is 0 Å². The number of amides is 2. The van der Waals surface area contributed by atoms with Crippen molar-refractivity contribution in [3.8, 4) is 0 Å². The second kappa shape index (κ2) is 7.64. The number of nitrogens with one attached hydrogen (secondary N) is 1. The summed E-state index contributed by atoms with van der Waals surface area (Å²) in [6.07, 6.45) is 3.55. The van der Waals surface area contributed by atoms with Crippen LogP contribution in [0.5, 0.6) is 0 Å². The number of carboxylic acids is 1. The van der Waals surface area contributed by atoms with Gasteiger partial charge in [0.15, 0.2) is 0 Å². The van der Waals surface area contributed by atoms with Crippen LogP contribution in [0.15, 0.2) is 0 Å². The molecule has 2 amide bonds. The number of rotatable bonds is 8. The average Bonchev–Trinajstić information content (AvgIpc) is 2.44. The number of methoxy groups -OCH3 is 1. The molecule has 2 N–H and O–H groups in total. The van der Waals surface area contributed by atoms with E-state index in [0.29, 0.717) is 13.0 Å². The van der Waals surface area contributed by atoms with Crippen molar-refractivity contribution in [1.82, 2.24) is 10.2 Å². The van der Waals surface area contributed by atoms with Gasteiger partial charge in [-0.15, -0.1) is 0 Å². The molecule has 0 heterocycles. The zero-order valence-electron chi connectivity index (χ0n) is 13.5. The van der Waals surface area contributed by atoms with Gasteiger partial charge < -0.3 is 20.1 Å². The van der Waals surface area contributed by atoms with Crippen LogP contribution in [-0.4, -0.2) is 54.9 Å². The Kier molecular flexibility index (Phi) is 6.45. The molecule has 0 aromatic heterocycles. The molecule has 1 saturated carbocycles. The second-order valence-corrected chi connectivity index (χ2v) is 5.76. The predicted octanol–water partition coefficient (Wildman–Crippen LogP) is 2.09. The Balaban J connectivity index is 2.52. The van der Waals surface area contributed by atoms with Crippen molar-refractivity contribution in [3.63, 3.8) is 0 Å². The molecular weight excluding hydrogens is 272 g/mol. The Labute approximate surface area is 126 Å². The van der Waals surface area contributed by atoms with E-state index in [1.54, 1.807) is 12.0 Å². The van der Waals surface area contributed by atoms with E-state index in [1.807, 2.05) is 7.05 Å². The van der Waals surface area contributed by atoms with Gasteiger partial charge in [0.25, 0.3) is 0 Å². The molecule has 2 atom stereocenters. The fourth-order valence-corrected chi connectivity index (χ4v) is 3.48. The van der Waals surface area contributed by atoms with Gasteiger partial charge in [-0.3, -0.25) is 4.79 Å². The van der Waals surface area contributed by atoms with Crippen LogP contribution in [0.1, 0.15) is 46.0 Å². The van der Waals surface area contributed by atoms with E-state index in [4.69, 9.17) is 9.84 Å². The van der Waals surface area contributed by atoms with E-state index in [9.17, 15) is 9.59 Å². The third-order valence-corrected chi connectivity index (χ3v) is 4.97. The summed E-state index contributed by atoms with van der Waals surface area (Å²) in [5.41, 5.74) is 0.0297. The Hall–Kier alpha value is -1.30. The molecule has 6 heteroatoms. The standard InChI is InChI=1S/C15H28N2O4/c1-5-15(6-2)11(10-12(15)21-4)17(3)14(20)16-9-7-8-13(18)19/h11-12H,5-10H2,1-4H3,(H,16,20)(H,18,19). The summed E-state index contributed by atoms with van der Waals surface area (Å²) in [4.78, 5) is 24.4. The maximum Gasteiger partial charge on any atom is 0.317 e. The molecule has 0 saturated heterocycles. The third-order valence-electron chi connectivity index (χ3n) is 4.97. The van der Waals surface area contributed by atoms with E-state index in [-0.39, 0.29) is 30.0 Å². The number of carboxylic acid groups (broad SMARTS) is 1. The Bertz CT molecular complexity index is 369. The fraction of sp³-hybridized carbons (Fsp3) is 0.867. The highest BCUT2D eigenvalue weighted by Crippen LogP contribution is 2.50. The van der Waals surface area contributed by atoms with Crippen LogP contribution < -0.4 is 5.32 Å². The monoisotopic (exact) mass is 300 g/mol. The van der Waals surface area contributed by atoms with Crippen molar-refractivity contribution < 1.29 is 19.4 Å². The summed E-state index contributed by atoms with van der Waals surface area (Å²) >= 11 is 0. The minimum absolute atomic E-state index is 0.0297. The lowest BCUT2D eigenvalue weighted by Crippen LogP contribution is -2.65. The molecule has 2 unspecified atom stereocenters. The van der Waals surface area contributed by atoms with Crippen LogP contribution in [0.3, 0.4) is 0 Å². The van der Waals surface area contributed by atoms with Gasteiger partial charge in [0, 0.05) is 38.6 Å². The third kappa shape index (κ3) is 3.67. The lowest BCUT2D eigenvalue weighted by Gasteiger charge is -2.57. The molecule has 0 radical (unpaired) electrons. The molecule has 0 aliphatic heterocycles. The van der Waals surface area contributed by atoms with Gasteiger partial charge in [0.2, 0.25) is 0 Å². The van der Waals surface area contributed by atoms with Crippen molar-refractivity contribution in [2.45, 2.75) is 58.1 Å². The second-order valence-electron chi connectivity index (χ2n) is 5.76. The summed E-state index contributed by atoms with van der Waals surface area (Å²) in [5, 5.41) is 11.4. The highest BCUT2D eigenvalue weighted by Gasteiger charge is 2.55. The maximum atomic E-state index is 12.2. The highest BCUT2D eigenvalue weighted by atomic mass is 16.5. The van der Waals surface area contributed by atoms with Gasteiger partial charge in [-0.25, -0.2) is 4.79 Å². The summed E-state index contributed by atoms with van der Waals surface area (Å²) in [6, 6.07) is 0.0446. The summed E-state index contributed by atoms with van der Waals surface area (Å²) in [6.45, 7) is 4.67. The quantitative estimate of drug-likeness (QED) is 0.673. The first-order valence-corrected chi connectivity index (χ1v) is 7.68. The molecule has 1 aliphatic carbocycles. The first kappa shape index (κ1) is 17.8. The maximum absolute atomic E-state index is 12.2. The number of hydrogen-bond donors (Lipinski definition) is 2. The number of aliphatic carboxylic acids is 1. The highest BCUT2D eigenvalue weighted by molar-refractivity contribution is 5.74. The van der Waals surface area contributed by atoms with E-state index in [0.717, 1.165) is 19.3 Å². The molecule has 0 aromatic rings. The van der Waals surface area contributed by atoms with Gasteiger partial charge in [0.05, 0.1) is 6.10 Å². The van der Waals surface area contributed by atoms with Crippen molar-refractivity contribution in [2.75, 3.05) is 20.7 Å². The normalized spacial score (nSPS) is 23.2. The van der Waals surface area contributed by atoms with Crippen LogP contribution in [0.2, 0.25) is 0 Å². The fourth-order valence-electron chi connectivity index (χ4n) is 3.48. The molecule has 122 valence electrons. The Morgan fingerprint density at radius 2 is 2.00 bits per heavy atom. The minimum Gasteiger partial charge on any atom is -0.481 e. The molecule has 0 spiro atoms. The molecule has 1 rings (SSSR count). The number of urea groups is 1. The van der Waals surface area contributed by atoms with Gasteiger partial charge >= 0.3 is 12.0 Å². The van der Waals surface area contributed by atoms with Gasteiger partial charge in [0.1, 0.15) is 0 Å². The first-order chi connectivity index (χ1) is 9.92. The van der Waals surface area contributed by atoms with Gasteiger partial charge in [-0.05, 0) is 25.7 Å². The predicted molar refractivity (Wildman–Crippen MR) is 80.2 cm³/mol. The van der Waals surface area contributed by atoms with Crippen LogP contribution in [-0.2, 0) is 9.53 Å².